The molecule has 7 heteroatoms. The van der Waals surface area contributed by atoms with Crippen LogP contribution in [0.15, 0.2) is 16.9 Å². The Kier molecular flexibility index (Phi) is 4.61. The van der Waals surface area contributed by atoms with E-state index in [4.69, 9.17) is 0 Å². The van der Waals surface area contributed by atoms with Crippen LogP contribution in [0.3, 0.4) is 0 Å². The molecule has 2 aromatic rings. The molecule has 1 fully saturated rings. The van der Waals surface area contributed by atoms with Gasteiger partial charge in [0, 0.05) is 31.4 Å². The molecule has 0 unspecified atom stereocenters. The van der Waals surface area contributed by atoms with Crippen molar-refractivity contribution >= 4 is 5.91 Å². The van der Waals surface area contributed by atoms with Gasteiger partial charge in [0.1, 0.15) is 5.69 Å². The molecule has 0 radical (unpaired) electrons. The fourth-order valence-electron chi connectivity index (χ4n) is 3.98. The Balaban J connectivity index is 1.38. The number of aryl methyl sites for hydroxylation is 3. The van der Waals surface area contributed by atoms with Gasteiger partial charge in [0.2, 0.25) is 0 Å². The molecule has 0 saturated carbocycles. The molecular formula is C19H25N5O2. The van der Waals surface area contributed by atoms with Crippen molar-refractivity contribution in [2.45, 2.75) is 52.0 Å². The van der Waals surface area contributed by atoms with Crippen molar-refractivity contribution in [3.05, 3.63) is 45.1 Å². The third-order valence-electron chi connectivity index (χ3n) is 5.53. The molecule has 3 heterocycles. The zero-order chi connectivity index (χ0) is 18.1. The summed E-state index contributed by atoms with van der Waals surface area (Å²) in [4.78, 5) is 26.7. The summed E-state index contributed by atoms with van der Waals surface area (Å²) in [5, 5.41) is 11.5. The maximum absolute atomic E-state index is 12.5. The highest BCUT2D eigenvalue weighted by molar-refractivity contribution is 5.92. The van der Waals surface area contributed by atoms with Gasteiger partial charge in [-0.3, -0.25) is 14.7 Å². The third-order valence-corrected chi connectivity index (χ3v) is 5.53. The molecule has 0 bridgehead atoms. The summed E-state index contributed by atoms with van der Waals surface area (Å²) in [6, 6.07) is 3.56. The van der Waals surface area contributed by atoms with Gasteiger partial charge in [-0.1, -0.05) is 0 Å². The van der Waals surface area contributed by atoms with Crippen LogP contribution in [-0.4, -0.2) is 43.9 Å². The lowest BCUT2D eigenvalue weighted by molar-refractivity contribution is 0.0674. The van der Waals surface area contributed by atoms with Gasteiger partial charge >= 0.3 is 0 Å². The number of carbonyl (C=O) groups is 1. The van der Waals surface area contributed by atoms with Crippen molar-refractivity contribution in [3.8, 4) is 0 Å². The van der Waals surface area contributed by atoms with Crippen LogP contribution < -0.4 is 5.56 Å². The molecule has 2 aliphatic rings. The Labute approximate surface area is 152 Å². The number of fused-ring (bicyclic) bond motifs is 1. The van der Waals surface area contributed by atoms with Crippen LogP contribution in [-0.2, 0) is 19.4 Å². The van der Waals surface area contributed by atoms with E-state index in [1.807, 2.05) is 11.8 Å². The number of aromatic nitrogens is 4. The quantitative estimate of drug-likeness (QED) is 0.908. The number of hydrogen-bond acceptors (Lipinski definition) is 4. The highest BCUT2D eigenvalue weighted by Gasteiger charge is 2.26. The number of piperidine rings is 1. The standard InChI is InChI=1S/C19H25N5O2/c1-13-10-17(21-20-13)19(26)23-8-6-14(7-9-23)12-24-18(25)11-15-4-2-3-5-16(15)22-24/h10-11,14H,2-9,12H2,1H3,(H,20,21). The number of nitrogens with zero attached hydrogens (tertiary/aromatic N) is 4. The van der Waals surface area contributed by atoms with E-state index in [1.165, 1.54) is 0 Å². The minimum atomic E-state index is -0.0168. The largest absolute Gasteiger partial charge is 0.337 e. The van der Waals surface area contributed by atoms with Crippen LogP contribution >= 0.6 is 0 Å². The average Bonchev–Trinajstić information content (AvgIpc) is 3.09. The number of amides is 1. The molecule has 1 saturated heterocycles. The number of likely N-dealkylation sites (tertiary alicyclic amines) is 1. The summed E-state index contributed by atoms with van der Waals surface area (Å²) in [7, 11) is 0. The lowest BCUT2D eigenvalue weighted by Crippen LogP contribution is -2.40. The number of carbonyl (C=O) groups excluding carboxylic acids is 1. The number of aromatic amines is 1. The molecule has 0 aromatic carbocycles. The zero-order valence-electron chi connectivity index (χ0n) is 15.2. The monoisotopic (exact) mass is 355 g/mol. The van der Waals surface area contributed by atoms with Crippen molar-refractivity contribution in [1.82, 2.24) is 24.9 Å². The average molecular weight is 355 g/mol. The van der Waals surface area contributed by atoms with Crippen LogP contribution in [0.4, 0.5) is 0 Å². The molecule has 0 atom stereocenters. The molecule has 1 aliphatic heterocycles. The van der Waals surface area contributed by atoms with Gasteiger partial charge in [0.05, 0.1) is 5.69 Å². The number of H-pyrrole nitrogens is 1. The Morgan fingerprint density at radius 3 is 2.73 bits per heavy atom. The lowest BCUT2D eigenvalue weighted by Gasteiger charge is -2.31. The zero-order valence-corrected chi connectivity index (χ0v) is 15.2. The molecule has 1 aliphatic carbocycles. The second kappa shape index (κ2) is 7.05. The Hall–Kier alpha value is -2.44. The van der Waals surface area contributed by atoms with E-state index < -0.39 is 0 Å². The van der Waals surface area contributed by atoms with E-state index in [0.29, 0.717) is 31.2 Å². The summed E-state index contributed by atoms with van der Waals surface area (Å²) >= 11 is 0. The first-order valence-electron chi connectivity index (χ1n) is 9.51. The van der Waals surface area contributed by atoms with Crippen LogP contribution in [0.5, 0.6) is 0 Å². The third kappa shape index (κ3) is 3.43. The number of nitrogens with one attached hydrogen (secondary N) is 1. The maximum Gasteiger partial charge on any atom is 0.274 e. The molecule has 0 spiro atoms. The van der Waals surface area contributed by atoms with Crippen molar-refractivity contribution < 1.29 is 4.79 Å². The smallest absolute Gasteiger partial charge is 0.274 e. The van der Waals surface area contributed by atoms with E-state index >= 15 is 0 Å². The van der Waals surface area contributed by atoms with E-state index in [2.05, 4.69) is 15.3 Å². The van der Waals surface area contributed by atoms with Crippen LogP contribution in [0.25, 0.3) is 0 Å². The Morgan fingerprint density at radius 1 is 1.23 bits per heavy atom. The number of hydrogen-bond donors (Lipinski definition) is 1. The van der Waals surface area contributed by atoms with Crippen molar-refractivity contribution in [1.29, 1.82) is 0 Å². The fourth-order valence-corrected chi connectivity index (χ4v) is 3.98. The summed E-state index contributed by atoms with van der Waals surface area (Å²) in [6.07, 6.45) is 6.05. The van der Waals surface area contributed by atoms with Crippen LogP contribution in [0.2, 0.25) is 0 Å². The fraction of sp³-hybridized carbons (Fsp3) is 0.579. The molecule has 26 heavy (non-hydrogen) atoms. The highest BCUT2D eigenvalue weighted by atomic mass is 16.2. The van der Waals surface area contributed by atoms with Gasteiger partial charge in [-0.25, -0.2) is 4.68 Å². The summed E-state index contributed by atoms with van der Waals surface area (Å²) in [5.74, 6) is 0.365. The van der Waals surface area contributed by atoms with E-state index in [0.717, 1.165) is 55.5 Å². The summed E-state index contributed by atoms with van der Waals surface area (Å²) in [6.45, 7) is 3.94. The molecular weight excluding hydrogens is 330 g/mol. The van der Waals surface area contributed by atoms with Gasteiger partial charge in [-0.15, -0.1) is 0 Å². The van der Waals surface area contributed by atoms with Crippen LogP contribution in [0, 0.1) is 12.8 Å². The van der Waals surface area contributed by atoms with E-state index in [-0.39, 0.29) is 11.5 Å². The second-order valence-electron chi connectivity index (χ2n) is 7.52. The predicted molar refractivity (Wildman–Crippen MR) is 97.1 cm³/mol. The van der Waals surface area contributed by atoms with Crippen molar-refractivity contribution in [3.63, 3.8) is 0 Å². The normalized spacial score (nSPS) is 18.0. The Morgan fingerprint density at radius 2 is 2.00 bits per heavy atom. The van der Waals surface area contributed by atoms with E-state index in [1.54, 1.807) is 16.8 Å². The summed E-state index contributed by atoms with van der Waals surface area (Å²) in [5.41, 5.74) is 3.61. The van der Waals surface area contributed by atoms with Gasteiger partial charge in [-0.2, -0.15) is 10.2 Å². The number of rotatable bonds is 3. The van der Waals surface area contributed by atoms with Crippen molar-refractivity contribution in [2.75, 3.05) is 13.1 Å². The van der Waals surface area contributed by atoms with Gasteiger partial charge in [0.25, 0.3) is 11.5 Å². The first-order valence-corrected chi connectivity index (χ1v) is 9.51. The van der Waals surface area contributed by atoms with Gasteiger partial charge < -0.3 is 4.90 Å². The minimum Gasteiger partial charge on any atom is -0.337 e. The highest BCUT2D eigenvalue weighted by Crippen LogP contribution is 2.21. The topological polar surface area (TPSA) is 83.9 Å². The van der Waals surface area contributed by atoms with Crippen molar-refractivity contribution in [2.24, 2.45) is 5.92 Å². The lowest BCUT2D eigenvalue weighted by atomic mass is 9.95. The minimum absolute atomic E-state index is 0.0103. The molecule has 7 nitrogen and oxygen atoms in total. The van der Waals surface area contributed by atoms with Crippen LogP contribution in [0.1, 0.15) is 53.1 Å². The first-order chi connectivity index (χ1) is 12.6. The first kappa shape index (κ1) is 17.0. The SMILES string of the molecule is Cc1cc(C(=O)N2CCC(Cn3nc4c(cc3=O)CCCC4)CC2)n[nH]1. The predicted octanol–water partition coefficient (Wildman–Crippen LogP) is 1.71. The molecule has 2 aromatic heterocycles. The van der Waals surface area contributed by atoms with Gasteiger partial charge in [0.15, 0.2) is 0 Å². The van der Waals surface area contributed by atoms with Gasteiger partial charge in [-0.05, 0) is 63.0 Å². The molecule has 1 amide bonds. The maximum atomic E-state index is 12.5. The Bertz CT molecular complexity index is 861. The van der Waals surface area contributed by atoms with E-state index in [9.17, 15) is 9.59 Å². The molecule has 4 rings (SSSR count). The molecule has 1 N–H and O–H groups in total. The summed E-state index contributed by atoms with van der Waals surface area (Å²) < 4.78 is 1.64. The molecule has 138 valence electrons. The second-order valence-corrected chi connectivity index (χ2v) is 7.52.